The van der Waals surface area contributed by atoms with Gasteiger partial charge in [-0.25, -0.2) is 0 Å². The molecule has 0 saturated heterocycles. The van der Waals surface area contributed by atoms with E-state index in [1.807, 2.05) is 6.07 Å². The molecule has 0 aliphatic carbocycles. The largest absolute Gasteiger partial charge is 0.493 e. The summed E-state index contributed by atoms with van der Waals surface area (Å²) >= 11 is 0. The molecule has 6 heteroatoms. The molecule has 0 amide bonds. The highest BCUT2D eigenvalue weighted by Crippen LogP contribution is 2.33. The Hall–Kier alpha value is -2.73. The molecule has 2 aromatic rings. The Kier molecular flexibility index (Phi) is 8.39. The molecule has 0 bridgehead atoms. The SMILES string of the molecule is CCNC(=NCCN1CCc2cc(OC)c(OC)cc2C1)NCCc1ccccc1. The predicted octanol–water partition coefficient (Wildman–Crippen LogP) is 2.86. The third-order valence-electron chi connectivity index (χ3n) is 5.38. The van der Waals surface area contributed by atoms with Gasteiger partial charge in [-0.2, -0.15) is 0 Å². The Balaban J connectivity index is 1.50. The molecule has 0 radical (unpaired) electrons. The zero-order valence-electron chi connectivity index (χ0n) is 18.4. The van der Waals surface area contributed by atoms with Crippen LogP contribution in [0.2, 0.25) is 0 Å². The summed E-state index contributed by atoms with van der Waals surface area (Å²) in [5, 5.41) is 6.78. The van der Waals surface area contributed by atoms with Gasteiger partial charge in [-0.3, -0.25) is 9.89 Å². The maximum absolute atomic E-state index is 5.46. The van der Waals surface area contributed by atoms with Crippen LogP contribution >= 0.6 is 0 Å². The molecular weight excluding hydrogens is 376 g/mol. The van der Waals surface area contributed by atoms with Crippen molar-refractivity contribution in [2.24, 2.45) is 4.99 Å². The van der Waals surface area contributed by atoms with Crippen LogP contribution < -0.4 is 20.1 Å². The van der Waals surface area contributed by atoms with Crippen LogP contribution in [-0.2, 0) is 19.4 Å². The van der Waals surface area contributed by atoms with Crippen LogP contribution in [0, 0.1) is 0 Å². The van der Waals surface area contributed by atoms with Gasteiger partial charge in [0.25, 0.3) is 0 Å². The maximum atomic E-state index is 5.46. The lowest BCUT2D eigenvalue weighted by Crippen LogP contribution is -2.39. The van der Waals surface area contributed by atoms with E-state index >= 15 is 0 Å². The van der Waals surface area contributed by atoms with Gasteiger partial charge >= 0.3 is 0 Å². The van der Waals surface area contributed by atoms with E-state index in [9.17, 15) is 0 Å². The summed E-state index contributed by atoms with van der Waals surface area (Å²) in [6, 6.07) is 14.7. The number of nitrogens with one attached hydrogen (secondary N) is 2. The minimum Gasteiger partial charge on any atom is -0.493 e. The lowest BCUT2D eigenvalue weighted by molar-refractivity contribution is 0.260. The van der Waals surface area contributed by atoms with Gasteiger partial charge in [-0.1, -0.05) is 30.3 Å². The van der Waals surface area contributed by atoms with Crippen molar-refractivity contribution in [3.63, 3.8) is 0 Å². The van der Waals surface area contributed by atoms with Crippen molar-refractivity contribution in [3.8, 4) is 11.5 Å². The number of benzene rings is 2. The van der Waals surface area contributed by atoms with E-state index in [1.54, 1.807) is 14.2 Å². The van der Waals surface area contributed by atoms with Crippen LogP contribution in [0.5, 0.6) is 11.5 Å². The molecule has 1 aliphatic rings. The first-order valence-corrected chi connectivity index (χ1v) is 10.8. The normalized spacial score (nSPS) is 14.2. The third kappa shape index (κ3) is 6.13. The van der Waals surface area contributed by atoms with Gasteiger partial charge < -0.3 is 20.1 Å². The quantitative estimate of drug-likeness (QED) is 0.492. The number of nitrogens with zero attached hydrogens (tertiary/aromatic N) is 2. The van der Waals surface area contributed by atoms with Crippen molar-refractivity contribution in [2.75, 3.05) is 46.9 Å². The number of hydrogen-bond donors (Lipinski definition) is 2. The van der Waals surface area contributed by atoms with Crippen LogP contribution in [0.4, 0.5) is 0 Å². The first-order chi connectivity index (χ1) is 14.7. The number of aliphatic imine (C=N–C) groups is 1. The van der Waals surface area contributed by atoms with Gasteiger partial charge in [0.1, 0.15) is 0 Å². The van der Waals surface area contributed by atoms with E-state index in [-0.39, 0.29) is 0 Å². The van der Waals surface area contributed by atoms with Crippen LogP contribution in [0.25, 0.3) is 0 Å². The molecule has 0 saturated carbocycles. The second-order valence-electron chi connectivity index (χ2n) is 7.43. The number of hydrogen-bond acceptors (Lipinski definition) is 4. The molecule has 0 aromatic heterocycles. The zero-order chi connectivity index (χ0) is 21.2. The fourth-order valence-electron chi connectivity index (χ4n) is 3.75. The van der Waals surface area contributed by atoms with Gasteiger partial charge in [-0.05, 0) is 48.6 Å². The molecule has 6 nitrogen and oxygen atoms in total. The average Bonchev–Trinajstić information content (AvgIpc) is 2.78. The maximum Gasteiger partial charge on any atom is 0.191 e. The number of methoxy groups -OCH3 is 2. The monoisotopic (exact) mass is 410 g/mol. The first-order valence-electron chi connectivity index (χ1n) is 10.8. The molecule has 1 heterocycles. The number of guanidine groups is 1. The fraction of sp³-hybridized carbons (Fsp3) is 0.458. The van der Waals surface area contributed by atoms with Gasteiger partial charge in [0.2, 0.25) is 0 Å². The standard InChI is InChI=1S/C24H34N4O2/c1-4-25-24(26-12-10-19-8-6-5-7-9-19)27-13-15-28-14-11-20-16-22(29-2)23(30-3)17-21(20)18-28/h5-9,16-17H,4,10-15,18H2,1-3H3,(H2,25,26,27). The van der Waals surface area contributed by atoms with E-state index in [2.05, 4.69) is 58.9 Å². The van der Waals surface area contributed by atoms with Gasteiger partial charge in [0, 0.05) is 32.7 Å². The molecule has 30 heavy (non-hydrogen) atoms. The molecule has 0 unspecified atom stereocenters. The number of rotatable bonds is 9. The van der Waals surface area contributed by atoms with E-state index < -0.39 is 0 Å². The average molecular weight is 411 g/mol. The van der Waals surface area contributed by atoms with Gasteiger partial charge in [0.05, 0.1) is 20.8 Å². The molecule has 0 atom stereocenters. The Morgan fingerprint density at radius 1 is 1.03 bits per heavy atom. The van der Waals surface area contributed by atoms with Crippen LogP contribution in [0.1, 0.15) is 23.6 Å². The highest BCUT2D eigenvalue weighted by atomic mass is 16.5. The van der Waals surface area contributed by atoms with Crippen molar-refractivity contribution < 1.29 is 9.47 Å². The lowest BCUT2D eigenvalue weighted by atomic mass is 9.99. The summed E-state index contributed by atoms with van der Waals surface area (Å²) in [7, 11) is 3.37. The summed E-state index contributed by atoms with van der Waals surface area (Å²) < 4.78 is 10.9. The highest BCUT2D eigenvalue weighted by molar-refractivity contribution is 5.79. The second kappa shape index (κ2) is 11.5. The van der Waals surface area contributed by atoms with Crippen molar-refractivity contribution >= 4 is 5.96 Å². The Morgan fingerprint density at radius 2 is 1.77 bits per heavy atom. The zero-order valence-corrected chi connectivity index (χ0v) is 18.4. The third-order valence-corrected chi connectivity index (χ3v) is 5.38. The first kappa shape index (κ1) is 22.0. The van der Waals surface area contributed by atoms with Crippen LogP contribution in [0.15, 0.2) is 47.5 Å². The van der Waals surface area contributed by atoms with Crippen molar-refractivity contribution in [1.82, 2.24) is 15.5 Å². The predicted molar refractivity (Wildman–Crippen MR) is 123 cm³/mol. The summed E-state index contributed by atoms with van der Waals surface area (Å²) in [5.74, 6) is 2.50. The van der Waals surface area contributed by atoms with E-state index in [1.165, 1.54) is 16.7 Å². The Morgan fingerprint density at radius 3 is 2.47 bits per heavy atom. The summed E-state index contributed by atoms with van der Waals surface area (Å²) in [6.07, 6.45) is 2.01. The number of fused-ring (bicyclic) bond motifs is 1. The van der Waals surface area contributed by atoms with Crippen molar-refractivity contribution in [3.05, 3.63) is 59.2 Å². The molecule has 2 N–H and O–H groups in total. The number of ether oxygens (including phenoxy) is 2. The van der Waals surface area contributed by atoms with Crippen LogP contribution in [-0.4, -0.2) is 57.8 Å². The summed E-state index contributed by atoms with van der Waals surface area (Å²) in [5.41, 5.74) is 4.00. The molecule has 0 fully saturated rings. The van der Waals surface area contributed by atoms with Crippen molar-refractivity contribution in [1.29, 1.82) is 0 Å². The van der Waals surface area contributed by atoms with Crippen molar-refractivity contribution in [2.45, 2.75) is 26.3 Å². The smallest absolute Gasteiger partial charge is 0.191 e. The molecule has 1 aliphatic heterocycles. The Labute approximate surface area is 180 Å². The molecule has 162 valence electrons. The molecule has 3 rings (SSSR count). The fourth-order valence-corrected chi connectivity index (χ4v) is 3.75. The minimum atomic E-state index is 0.767. The lowest BCUT2D eigenvalue weighted by Gasteiger charge is -2.29. The molecule has 0 spiro atoms. The summed E-state index contributed by atoms with van der Waals surface area (Å²) in [4.78, 5) is 7.21. The van der Waals surface area contributed by atoms with E-state index in [4.69, 9.17) is 14.5 Å². The van der Waals surface area contributed by atoms with E-state index in [0.29, 0.717) is 0 Å². The minimum absolute atomic E-state index is 0.767. The summed E-state index contributed by atoms with van der Waals surface area (Å²) in [6.45, 7) is 7.48. The van der Waals surface area contributed by atoms with Gasteiger partial charge in [0.15, 0.2) is 17.5 Å². The highest BCUT2D eigenvalue weighted by Gasteiger charge is 2.19. The molecule has 2 aromatic carbocycles. The van der Waals surface area contributed by atoms with E-state index in [0.717, 1.165) is 69.6 Å². The Bertz CT molecular complexity index is 823. The van der Waals surface area contributed by atoms with Crippen LogP contribution in [0.3, 0.4) is 0 Å². The second-order valence-corrected chi connectivity index (χ2v) is 7.43. The topological polar surface area (TPSA) is 58.1 Å². The molecular formula is C24H34N4O2. The van der Waals surface area contributed by atoms with Gasteiger partial charge in [-0.15, -0.1) is 0 Å².